The van der Waals surface area contributed by atoms with Crippen molar-refractivity contribution in [1.82, 2.24) is 10.3 Å². The van der Waals surface area contributed by atoms with Crippen molar-refractivity contribution in [2.45, 2.75) is 50.3 Å². The average molecular weight is 297 g/mol. The van der Waals surface area contributed by atoms with Crippen molar-refractivity contribution in [3.63, 3.8) is 0 Å². The largest absolute Gasteiger partial charge is 0.440 e. The maximum atomic E-state index is 11.9. The van der Waals surface area contributed by atoms with Gasteiger partial charge in [-0.3, -0.25) is 4.79 Å². The molecule has 2 rings (SSSR count). The van der Waals surface area contributed by atoms with Gasteiger partial charge in [-0.1, -0.05) is 25.1 Å². The molecule has 1 fully saturated rings. The van der Waals surface area contributed by atoms with Gasteiger partial charge in [-0.05, 0) is 38.6 Å². The third-order valence-corrected chi connectivity index (χ3v) is 4.92. The molecule has 0 spiro atoms. The fourth-order valence-electron chi connectivity index (χ4n) is 3.12. The van der Waals surface area contributed by atoms with E-state index in [1.165, 1.54) is 0 Å². The first-order chi connectivity index (χ1) is 9.58. The van der Waals surface area contributed by atoms with Crippen molar-refractivity contribution < 1.29 is 9.21 Å². The lowest BCUT2D eigenvalue weighted by Crippen LogP contribution is -2.57. The van der Waals surface area contributed by atoms with E-state index in [0.717, 1.165) is 43.7 Å². The van der Waals surface area contributed by atoms with Crippen LogP contribution in [0.1, 0.15) is 38.3 Å². The lowest BCUT2D eigenvalue weighted by atomic mass is 9.84. The molecule has 0 aliphatic heterocycles. The second-order valence-corrected chi connectivity index (χ2v) is 6.39. The van der Waals surface area contributed by atoms with Crippen LogP contribution in [0.4, 0.5) is 0 Å². The molecule has 0 aromatic carbocycles. The number of carbonyl (C=O) groups excluding carboxylic acids is 1. The molecule has 0 saturated heterocycles. The maximum Gasteiger partial charge on any atom is 0.255 e. The minimum absolute atomic E-state index is 0.209. The highest BCUT2D eigenvalue weighted by Gasteiger charge is 2.46. The van der Waals surface area contributed by atoms with Gasteiger partial charge in [0.2, 0.25) is 5.91 Å². The number of amides is 1. The van der Waals surface area contributed by atoms with Crippen molar-refractivity contribution in [3.05, 3.63) is 12.0 Å². The third-order valence-electron chi connectivity index (χ3n) is 4.04. The predicted octanol–water partition coefficient (Wildman–Crippen LogP) is 2.10. The summed E-state index contributed by atoms with van der Waals surface area (Å²) in [4.78, 5) is 16.2. The molecular weight excluding hydrogens is 274 g/mol. The highest BCUT2D eigenvalue weighted by molar-refractivity contribution is 7.99. The number of oxazole rings is 1. The lowest BCUT2D eigenvalue weighted by molar-refractivity contribution is -0.125. The summed E-state index contributed by atoms with van der Waals surface area (Å²) in [7, 11) is 0. The van der Waals surface area contributed by atoms with E-state index in [-0.39, 0.29) is 5.91 Å². The van der Waals surface area contributed by atoms with Gasteiger partial charge < -0.3 is 15.5 Å². The van der Waals surface area contributed by atoms with Crippen LogP contribution >= 0.6 is 11.8 Å². The molecule has 5 nitrogen and oxygen atoms in total. The maximum absolute atomic E-state index is 11.9. The van der Waals surface area contributed by atoms with Crippen LogP contribution in [-0.2, 0) is 4.79 Å². The van der Waals surface area contributed by atoms with E-state index >= 15 is 0 Å². The zero-order valence-electron chi connectivity index (χ0n) is 12.1. The van der Waals surface area contributed by atoms with Crippen molar-refractivity contribution in [3.8, 4) is 0 Å². The molecule has 1 amide bonds. The Labute approximate surface area is 124 Å². The van der Waals surface area contributed by atoms with Gasteiger partial charge in [0, 0.05) is 5.75 Å². The zero-order valence-corrected chi connectivity index (χ0v) is 13.0. The number of nitrogens with zero attached hydrogens (tertiary/aromatic N) is 1. The normalized spacial score (nSPS) is 26.0. The molecule has 20 heavy (non-hydrogen) atoms. The molecule has 1 heterocycles. The molecule has 1 aromatic heterocycles. The van der Waals surface area contributed by atoms with Gasteiger partial charge in [0.05, 0.1) is 5.69 Å². The Morgan fingerprint density at radius 3 is 3.10 bits per heavy atom. The summed E-state index contributed by atoms with van der Waals surface area (Å²) in [6.45, 7) is 4.70. The Bertz CT molecular complexity index is 463. The molecule has 1 aliphatic rings. The summed E-state index contributed by atoms with van der Waals surface area (Å²) >= 11 is 1.60. The highest BCUT2D eigenvalue weighted by Crippen LogP contribution is 2.39. The van der Waals surface area contributed by atoms with E-state index in [1.54, 1.807) is 18.0 Å². The smallest absolute Gasteiger partial charge is 0.255 e. The van der Waals surface area contributed by atoms with E-state index < -0.39 is 5.54 Å². The molecule has 112 valence electrons. The number of thioether (sulfide) groups is 1. The Morgan fingerprint density at radius 2 is 2.50 bits per heavy atom. The predicted molar refractivity (Wildman–Crippen MR) is 79.5 cm³/mol. The number of aromatic nitrogens is 1. The number of carbonyl (C=O) groups is 1. The van der Waals surface area contributed by atoms with E-state index in [2.05, 4.69) is 10.3 Å². The second kappa shape index (κ2) is 6.63. The summed E-state index contributed by atoms with van der Waals surface area (Å²) in [6, 6.07) is 0. The monoisotopic (exact) mass is 297 g/mol. The first-order valence-corrected chi connectivity index (χ1v) is 8.17. The average Bonchev–Trinajstić information content (AvgIpc) is 2.98. The molecule has 0 radical (unpaired) electrons. The van der Waals surface area contributed by atoms with Crippen molar-refractivity contribution in [1.29, 1.82) is 0 Å². The number of likely N-dealkylation sites (N-methyl/N-ethyl adjacent to an activating group) is 1. The first-order valence-electron chi connectivity index (χ1n) is 7.18. The summed E-state index contributed by atoms with van der Waals surface area (Å²) < 4.78 is 5.32. The number of nitrogens with two attached hydrogens (primary N) is 1. The van der Waals surface area contributed by atoms with E-state index in [1.807, 2.05) is 13.8 Å². The first kappa shape index (κ1) is 15.4. The Morgan fingerprint density at radius 1 is 1.70 bits per heavy atom. The van der Waals surface area contributed by atoms with E-state index in [4.69, 9.17) is 10.2 Å². The molecule has 0 bridgehead atoms. The zero-order chi connectivity index (χ0) is 14.6. The van der Waals surface area contributed by atoms with Gasteiger partial charge in [-0.2, -0.15) is 0 Å². The van der Waals surface area contributed by atoms with Crippen LogP contribution in [-0.4, -0.2) is 28.7 Å². The number of rotatable bonds is 7. The van der Waals surface area contributed by atoms with Crippen LogP contribution in [0.15, 0.2) is 15.9 Å². The van der Waals surface area contributed by atoms with Crippen LogP contribution in [0.25, 0.3) is 0 Å². The number of aryl methyl sites for hydroxylation is 1. The number of hydrogen-bond acceptors (Lipinski definition) is 5. The Hall–Kier alpha value is -1.01. The van der Waals surface area contributed by atoms with Crippen LogP contribution in [0.3, 0.4) is 0 Å². The van der Waals surface area contributed by atoms with Crippen molar-refractivity contribution in [2.24, 2.45) is 11.7 Å². The van der Waals surface area contributed by atoms with Crippen LogP contribution < -0.4 is 11.1 Å². The molecule has 1 aromatic rings. The molecule has 6 heteroatoms. The third kappa shape index (κ3) is 3.17. The second-order valence-electron chi connectivity index (χ2n) is 5.35. The van der Waals surface area contributed by atoms with Gasteiger partial charge in [-0.25, -0.2) is 4.98 Å². The Kier molecular flexibility index (Phi) is 5.10. The highest BCUT2D eigenvalue weighted by atomic mass is 32.2. The van der Waals surface area contributed by atoms with Gasteiger partial charge in [0.1, 0.15) is 11.8 Å². The fraction of sp³-hybridized carbons (Fsp3) is 0.714. The summed E-state index contributed by atoms with van der Waals surface area (Å²) in [5.74, 6) is 0.993. The van der Waals surface area contributed by atoms with E-state index in [0.29, 0.717) is 11.1 Å². The summed E-state index contributed by atoms with van der Waals surface area (Å²) in [5, 5.41) is 4.04. The van der Waals surface area contributed by atoms with Gasteiger partial charge >= 0.3 is 0 Å². The minimum Gasteiger partial charge on any atom is -0.440 e. The number of nitrogens with one attached hydrogen (secondary N) is 1. The molecule has 3 N–H and O–H groups in total. The lowest BCUT2D eigenvalue weighted by Gasteiger charge is -2.33. The van der Waals surface area contributed by atoms with Crippen LogP contribution in [0, 0.1) is 12.8 Å². The van der Waals surface area contributed by atoms with Crippen molar-refractivity contribution >= 4 is 17.7 Å². The Balaban J connectivity index is 1.91. The van der Waals surface area contributed by atoms with Gasteiger partial charge in [-0.15, -0.1) is 0 Å². The minimum atomic E-state index is -0.512. The van der Waals surface area contributed by atoms with Crippen LogP contribution in [0.2, 0.25) is 0 Å². The molecule has 2 unspecified atom stereocenters. The quantitative estimate of drug-likeness (QED) is 0.753. The number of primary amides is 1. The van der Waals surface area contributed by atoms with Crippen molar-refractivity contribution in [2.75, 3.05) is 12.3 Å². The van der Waals surface area contributed by atoms with Gasteiger partial charge in [0.25, 0.3) is 5.22 Å². The van der Waals surface area contributed by atoms with Crippen LogP contribution in [0.5, 0.6) is 0 Å². The van der Waals surface area contributed by atoms with Gasteiger partial charge in [0.15, 0.2) is 0 Å². The van der Waals surface area contributed by atoms with E-state index in [9.17, 15) is 4.79 Å². The SMILES string of the molecule is CCNC1(C(N)=O)CCCC1CCSc1nc(C)co1. The molecule has 2 atom stereocenters. The standard InChI is InChI=1S/C14H23N3O2S/c1-3-16-14(12(15)18)7-4-5-11(14)6-8-20-13-17-10(2)9-19-13/h9,11,16H,3-8H2,1-2H3,(H2,15,18). The molecule has 1 aliphatic carbocycles. The topological polar surface area (TPSA) is 81.1 Å². The summed E-state index contributed by atoms with van der Waals surface area (Å²) in [6.07, 6.45) is 5.57. The summed E-state index contributed by atoms with van der Waals surface area (Å²) in [5.41, 5.74) is 6.04. The number of hydrogen-bond donors (Lipinski definition) is 2. The molecular formula is C14H23N3O2S. The fourth-order valence-corrected chi connectivity index (χ4v) is 4.02. The molecule has 1 saturated carbocycles.